The summed E-state index contributed by atoms with van der Waals surface area (Å²) in [5.74, 6) is -1.52. The number of ketones is 3. The summed E-state index contributed by atoms with van der Waals surface area (Å²) in [5, 5.41) is 5.61. The second-order valence-corrected chi connectivity index (χ2v) is 16.7. The normalized spacial score (nSPS) is 12.5. The van der Waals surface area contributed by atoms with Crippen LogP contribution < -0.4 is 10.6 Å². The fourth-order valence-electron chi connectivity index (χ4n) is 5.94. The van der Waals surface area contributed by atoms with Crippen LogP contribution >= 0.6 is 0 Å². The molecule has 0 bridgehead atoms. The summed E-state index contributed by atoms with van der Waals surface area (Å²) >= 11 is 0. The minimum Gasteiger partial charge on any atom is -0.379 e. The Labute approximate surface area is 442 Å². The summed E-state index contributed by atoms with van der Waals surface area (Å²) in [5.41, 5.74) is -1.12. The molecule has 0 aromatic rings. The van der Waals surface area contributed by atoms with Gasteiger partial charge in [0.15, 0.2) is 0 Å². The lowest BCUT2D eigenvalue weighted by Gasteiger charge is -2.34. The van der Waals surface area contributed by atoms with Gasteiger partial charge in [-0.05, 0) is 20.8 Å². The van der Waals surface area contributed by atoms with Gasteiger partial charge in [0, 0.05) is 57.3 Å². The summed E-state index contributed by atoms with van der Waals surface area (Å²) in [4.78, 5) is 83.1. The van der Waals surface area contributed by atoms with Crippen LogP contribution in [0.15, 0.2) is 12.2 Å². The molecule has 1 aliphatic rings. The highest BCUT2D eigenvalue weighted by atomic mass is 16.6. The van der Waals surface area contributed by atoms with Gasteiger partial charge in [0.25, 0.3) is 11.8 Å². The summed E-state index contributed by atoms with van der Waals surface area (Å²) in [6, 6.07) is 0. The molecular weight excluding hydrogens is 995 g/mol. The van der Waals surface area contributed by atoms with Gasteiger partial charge in [-0.3, -0.25) is 38.5 Å². The Hall–Kier alpha value is -3.77. The molecule has 0 fully saturated rings. The predicted octanol–water partition coefficient (Wildman–Crippen LogP) is -0.151. The van der Waals surface area contributed by atoms with Crippen molar-refractivity contribution in [1.82, 2.24) is 15.5 Å². The quantitative estimate of drug-likeness (QED) is 0.0592. The van der Waals surface area contributed by atoms with Crippen molar-refractivity contribution in [3.8, 4) is 0 Å². The van der Waals surface area contributed by atoms with Crippen LogP contribution in [0.2, 0.25) is 0 Å². The summed E-state index contributed by atoms with van der Waals surface area (Å²) < 4.78 is 83.1. The Bertz CT molecular complexity index is 1470. The van der Waals surface area contributed by atoms with E-state index in [0.29, 0.717) is 152 Å². The lowest BCUT2D eigenvalue weighted by atomic mass is 10.0. The topological polar surface area (TPSA) is 285 Å². The lowest BCUT2D eigenvalue weighted by molar-refractivity contribution is -0.137. The van der Waals surface area contributed by atoms with E-state index in [0.717, 1.165) is 4.90 Å². The van der Waals surface area contributed by atoms with Crippen molar-refractivity contribution < 1.29 is 105 Å². The smallest absolute Gasteiger partial charge is 0.253 e. The van der Waals surface area contributed by atoms with Gasteiger partial charge < -0.3 is 81.7 Å². The molecule has 0 atom stereocenters. The Kier molecular flexibility index (Phi) is 46.0. The molecule has 0 aromatic heterocycles. The third-order valence-electron chi connectivity index (χ3n) is 9.93. The Morgan fingerprint density at radius 3 is 0.920 bits per heavy atom. The molecule has 0 unspecified atom stereocenters. The minimum absolute atomic E-state index is 0.00778. The third-order valence-corrected chi connectivity index (χ3v) is 9.93. The number of carbonyl (C=O) groups excluding carboxylic acids is 7. The Morgan fingerprint density at radius 1 is 0.360 bits per heavy atom. The van der Waals surface area contributed by atoms with Gasteiger partial charge in [-0.1, -0.05) is 0 Å². The molecular formula is C50H87N3O22. The molecule has 1 aliphatic heterocycles. The maximum atomic E-state index is 13.0. The van der Waals surface area contributed by atoms with E-state index in [1.54, 1.807) is 0 Å². The molecule has 0 aliphatic carbocycles. The Morgan fingerprint density at radius 2 is 0.627 bits per heavy atom. The average Bonchev–Trinajstić information content (AvgIpc) is 3.70. The molecule has 2 N–H and O–H groups in total. The van der Waals surface area contributed by atoms with Crippen LogP contribution in [0.3, 0.4) is 0 Å². The molecule has 0 spiro atoms. The van der Waals surface area contributed by atoms with Crippen molar-refractivity contribution in [1.29, 1.82) is 0 Å². The lowest BCUT2D eigenvalue weighted by Crippen LogP contribution is -2.59. The maximum absolute atomic E-state index is 13.0. The van der Waals surface area contributed by atoms with Gasteiger partial charge in [-0.15, -0.1) is 0 Å². The van der Waals surface area contributed by atoms with Gasteiger partial charge in [0.1, 0.15) is 22.9 Å². The number of hydrogen-bond donors (Lipinski definition) is 2. The highest BCUT2D eigenvalue weighted by molar-refractivity contribution is 6.13. The number of imide groups is 1. The third kappa shape index (κ3) is 45.0. The van der Waals surface area contributed by atoms with E-state index in [1.807, 2.05) is 0 Å². The number of ether oxygens (including phenoxy) is 15. The number of hydrogen-bond acceptors (Lipinski definition) is 22. The van der Waals surface area contributed by atoms with Gasteiger partial charge in [-0.2, -0.15) is 0 Å². The SMILES string of the molecule is CC(=O)CCOCC(COCCC(C)=O)(COCCC(C)=O)NC(=O)CCOCCOCCOCCOCCOCCOCCOCCOCCOCCOCCOCCOCCNC(=O)CCN1C(=O)C=CC1=O. The molecule has 1 rings (SSSR count). The molecule has 0 saturated carbocycles. The van der Waals surface area contributed by atoms with Crippen LogP contribution in [0, 0.1) is 0 Å². The van der Waals surface area contributed by atoms with Crippen molar-refractivity contribution in [3.63, 3.8) is 0 Å². The maximum Gasteiger partial charge on any atom is 0.253 e. The standard InChI is InChI=1S/C50H87N3O22/c1-43(54)7-13-73-40-50(41-74-14-8-44(2)55,42-75-15-9-45(3)56)52-47(58)10-16-61-18-20-63-22-24-65-26-28-67-30-32-69-34-36-71-38-39-72-37-35-70-33-31-68-29-27-66-25-23-64-21-19-62-17-11-51-46(57)6-12-53-48(59)4-5-49(53)60/h4-5H,6-42H2,1-3H3,(H,51,57)(H,52,58). The van der Waals surface area contributed by atoms with Crippen molar-refractivity contribution in [3.05, 3.63) is 12.2 Å². The van der Waals surface area contributed by atoms with Crippen molar-refractivity contribution in [2.75, 3.05) is 211 Å². The van der Waals surface area contributed by atoms with Gasteiger partial charge in [0.05, 0.1) is 198 Å². The van der Waals surface area contributed by atoms with Crippen LogP contribution in [0.25, 0.3) is 0 Å². The number of amides is 4. The van der Waals surface area contributed by atoms with Crippen LogP contribution in [0.5, 0.6) is 0 Å². The molecule has 25 nitrogen and oxygen atoms in total. The number of nitrogens with one attached hydrogen (secondary N) is 2. The van der Waals surface area contributed by atoms with Crippen LogP contribution in [-0.4, -0.2) is 263 Å². The van der Waals surface area contributed by atoms with Crippen molar-refractivity contribution in [2.45, 2.75) is 58.4 Å². The fourth-order valence-corrected chi connectivity index (χ4v) is 5.94. The number of rotatable bonds is 58. The van der Waals surface area contributed by atoms with Crippen LogP contribution in [-0.2, 0) is 105 Å². The fraction of sp³-hybridized carbons (Fsp3) is 0.820. The van der Waals surface area contributed by atoms with E-state index in [2.05, 4.69) is 10.6 Å². The second kappa shape index (κ2) is 49.8. The molecule has 1 heterocycles. The summed E-state index contributed by atoms with van der Waals surface area (Å²) in [7, 11) is 0. The highest BCUT2D eigenvalue weighted by Gasteiger charge is 2.34. The molecule has 75 heavy (non-hydrogen) atoms. The molecule has 4 amide bonds. The van der Waals surface area contributed by atoms with Crippen molar-refractivity contribution >= 4 is 41.0 Å². The van der Waals surface area contributed by atoms with E-state index in [4.69, 9.17) is 71.1 Å². The van der Waals surface area contributed by atoms with Crippen molar-refractivity contribution in [2.24, 2.45) is 0 Å². The Balaban J connectivity index is 1.85. The monoisotopic (exact) mass is 1080 g/mol. The first kappa shape index (κ1) is 69.2. The van der Waals surface area contributed by atoms with Gasteiger partial charge >= 0.3 is 0 Å². The first-order valence-corrected chi connectivity index (χ1v) is 25.7. The first-order chi connectivity index (χ1) is 36.4. The van der Waals surface area contributed by atoms with Crippen LogP contribution in [0.4, 0.5) is 0 Å². The minimum atomic E-state index is -1.12. The molecule has 434 valence electrons. The first-order valence-electron chi connectivity index (χ1n) is 25.7. The molecule has 0 aromatic carbocycles. The largest absolute Gasteiger partial charge is 0.379 e. The number of carbonyl (C=O) groups is 7. The molecule has 25 heteroatoms. The summed E-state index contributed by atoms with van der Waals surface area (Å²) in [6.45, 7) is 14.7. The predicted molar refractivity (Wildman–Crippen MR) is 267 cm³/mol. The van der Waals surface area contributed by atoms with E-state index >= 15 is 0 Å². The zero-order valence-corrected chi connectivity index (χ0v) is 44.7. The molecule has 0 saturated heterocycles. The number of Topliss-reactive ketones (excluding diaryl/α,β-unsaturated/α-hetero) is 3. The average molecular weight is 1080 g/mol. The second-order valence-electron chi connectivity index (χ2n) is 16.7. The number of nitrogens with zero attached hydrogens (tertiary/aromatic N) is 1. The van der Waals surface area contributed by atoms with Crippen LogP contribution in [0.1, 0.15) is 52.9 Å². The summed E-state index contributed by atoms with van der Waals surface area (Å²) in [6.07, 6.45) is 3.08. The molecule has 0 radical (unpaired) electrons. The zero-order valence-electron chi connectivity index (χ0n) is 44.7. The van der Waals surface area contributed by atoms with E-state index in [9.17, 15) is 33.6 Å². The zero-order chi connectivity index (χ0) is 54.7. The van der Waals surface area contributed by atoms with E-state index < -0.39 is 17.4 Å². The van der Waals surface area contributed by atoms with E-state index in [-0.39, 0.29) is 121 Å². The van der Waals surface area contributed by atoms with E-state index in [1.165, 1.54) is 32.9 Å². The van der Waals surface area contributed by atoms with Gasteiger partial charge in [0.2, 0.25) is 11.8 Å². The van der Waals surface area contributed by atoms with Gasteiger partial charge in [-0.25, -0.2) is 0 Å². The highest BCUT2D eigenvalue weighted by Crippen LogP contribution is 2.12.